The lowest BCUT2D eigenvalue weighted by molar-refractivity contribution is -0.140. The molecule has 0 aliphatic carbocycles. The number of aliphatic hydroxyl groups is 1. The molecule has 0 saturated carbocycles. The Balaban J connectivity index is 2.68. The zero-order valence-corrected chi connectivity index (χ0v) is 8.11. The van der Waals surface area contributed by atoms with Crippen molar-refractivity contribution in [2.45, 2.75) is 24.6 Å². The number of methoxy groups -OCH3 is 1. The molecule has 0 bridgehead atoms. The number of alkyl halides is 1. The van der Waals surface area contributed by atoms with Crippen molar-refractivity contribution in [3.05, 3.63) is 0 Å². The minimum atomic E-state index is -1.20. The van der Waals surface area contributed by atoms with Gasteiger partial charge in [0.05, 0.1) is 12.6 Å². The van der Waals surface area contributed by atoms with Gasteiger partial charge in [0.2, 0.25) is 0 Å². The molecule has 0 spiro atoms. The second kappa shape index (κ2) is 4.32. The van der Waals surface area contributed by atoms with Crippen molar-refractivity contribution >= 4 is 0 Å². The molecular formula is C8H16FNO3. The molecule has 1 heterocycles. The van der Waals surface area contributed by atoms with Crippen molar-refractivity contribution in [3.63, 3.8) is 0 Å². The fourth-order valence-corrected chi connectivity index (χ4v) is 1.56. The number of rotatable bonds is 3. The van der Waals surface area contributed by atoms with E-state index >= 15 is 0 Å². The summed E-state index contributed by atoms with van der Waals surface area (Å²) in [7, 11) is 4.98. The summed E-state index contributed by atoms with van der Waals surface area (Å²) in [6, 6.07) is -0.442. The van der Waals surface area contributed by atoms with Crippen LogP contribution in [0.15, 0.2) is 0 Å². The molecular weight excluding hydrogens is 177 g/mol. The Hall–Kier alpha value is -0.230. The van der Waals surface area contributed by atoms with Crippen LogP contribution >= 0.6 is 0 Å². The maximum Gasteiger partial charge on any atom is 0.176 e. The lowest BCUT2D eigenvalue weighted by atomic mass is 10.1. The Labute approximate surface area is 77.2 Å². The van der Waals surface area contributed by atoms with Gasteiger partial charge >= 0.3 is 0 Å². The average Bonchev–Trinajstić information content (AvgIpc) is 2.41. The van der Waals surface area contributed by atoms with Crippen molar-refractivity contribution in [1.29, 1.82) is 0 Å². The second-order valence-electron chi connectivity index (χ2n) is 3.36. The topological polar surface area (TPSA) is 41.9 Å². The summed E-state index contributed by atoms with van der Waals surface area (Å²) in [5.74, 6) is 0. The molecule has 1 saturated heterocycles. The maximum atomic E-state index is 13.5. The Bertz CT molecular complexity index is 165. The predicted octanol–water partition coefficient (Wildman–Crippen LogP) is -0.382. The van der Waals surface area contributed by atoms with E-state index in [9.17, 15) is 4.39 Å². The highest BCUT2D eigenvalue weighted by atomic mass is 19.1. The minimum absolute atomic E-state index is 0.314. The molecule has 13 heavy (non-hydrogen) atoms. The zero-order chi connectivity index (χ0) is 10.0. The highest BCUT2D eigenvalue weighted by molar-refractivity contribution is 4.91. The van der Waals surface area contributed by atoms with Gasteiger partial charge < -0.3 is 14.6 Å². The van der Waals surface area contributed by atoms with Gasteiger partial charge in [0.1, 0.15) is 12.3 Å². The molecule has 4 atom stereocenters. The van der Waals surface area contributed by atoms with Crippen molar-refractivity contribution in [2.24, 2.45) is 0 Å². The van der Waals surface area contributed by atoms with Crippen LogP contribution in [0.2, 0.25) is 0 Å². The summed E-state index contributed by atoms with van der Waals surface area (Å²) < 4.78 is 23.7. The number of hydrogen-bond acceptors (Lipinski definition) is 4. The largest absolute Gasteiger partial charge is 0.394 e. The molecule has 0 amide bonds. The number of aliphatic hydroxyl groups excluding tert-OH is 1. The van der Waals surface area contributed by atoms with Crippen LogP contribution in [0.1, 0.15) is 0 Å². The smallest absolute Gasteiger partial charge is 0.176 e. The van der Waals surface area contributed by atoms with Gasteiger partial charge in [-0.2, -0.15) is 0 Å². The van der Waals surface area contributed by atoms with E-state index in [0.717, 1.165) is 0 Å². The van der Waals surface area contributed by atoms with Crippen molar-refractivity contribution in [3.8, 4) is 0 Å². The first kappa shape index (κ1) is 10.8. The van der Waals surface area contributed by atoms with Crippen LogP contribution < -0.4 is 0 Å². The average molecular weight is 193 g/mol. The minimum Gasteiger partial charge on any atom is -0.394 e. The third-order valence-electron chi connectivity index (χ3n) is 2.28. The molecule has 78 valence electrons. The monoisotopic (exact) mass is 193 g/mol. The van der Waals surface area contributed by atoms with Gasteiger partial charge in [0.25, 0.3) is 0 Å². The Morgan fingerprint density at radius 2 is 2.15 bits per heavy atom. The van der Waals surface area contributed by atoms with E-state index < -0.39 is 24.6 Å². The third-order valence-corrected chi connectivity index (χ3v) is 2.28. The molecule has 1 rings (SSSR count). The molecule has 0 aromatic carbocycles. The summed E-state index contributed by atoms with van der Waals surface area (Å²) in [6.07, 6.45) is -2.57. The van der Waals surface area contributed by atoms with Crippen molar-refractivity contribution in [1.82, 2.24) is 4.90 Å². The summed E-state index contributed by atoms with van der Waals surface area (Å²) in [5.41, 5.74) is 0. The third kappa shape index (κ3) is 1.99. The highest BCUT2D eigenvalue weighted by Crippen LogP contribution is 2.26. The standard InChI is InChI=1S/C8H16FNO3/c1-10(2)7-6(9)5(4-11)13-8(7)12-3/h5-8,11H,4H2,1-3H3/t5-,6-,7+,8-/m1/s1. The fraction of sp³-hybridized carbons (Fsp3) is 1.00. The predicted molar refractivity (Wildman–Crippen MR) is 45.1 cm³/mol. The van der Waals surface area contributed by atoms with Crippen molar-refractivity contribution in [2.75, 3.05) is 27.8 Å². The Morgan fingerprint density at radius 1 is 1.54 bits per heavy atom. The van der Waals surface area contributed by atoms with E-state index in [1.165, 1.54) is 7.11 Å². The van der Waals surface area contributed by atoms with E-state index in [4.69, 9.17) is 14.6 Å². The molecule has 4 nitrogen and oxygen atoms in total. The van der Waals surface area contributed by atoms with Gasteiger partial charge in [-0.15, -0.1) is 0 Å². The van der Waals surface area contributed by atoms with Gasteiger partial charge in [-0.1, -0.05) is 0 Å². The Morgan fingerprint density at radius 3 is 2.46 bits per heavy atom. The van der Waals surface area contributed by atoms with Gasteiger partial charge in [-0.05, 0) is 14.1 Å². The molecule has 0 aromatic heterocycles. The van der Waals surface area contributed by atoms with E-state index in [0.29, 0.717) is 0 Å². The molecule has 0 aromatic rings. The van der Waals surface area contributed by atoms with Gasteiger partial charge in [0, 0.05) is 7.11 Å². The SMILES string of the molecule is CO[C@@H]1O[C@H](CO)[C@@H](F)[C@@H]1N(C)C. The van der Waals surface area contributed by atoms with Crippen LogP contribution in [-0.4, -0.2) is 62.4 Å². The van der Waals surface area contributed by atoms with Gasteiger partial charge in [0.15, 0.2) is 6.29 Å². The van der Waals surface area contributed by atoms with Crippen LogP contribution in [0, 0.1) is 0 Å². The summed E-state index contributed by atoms with van der Waals surface area (Å²) >= 11 is 0. The zero-order valence-electron chi connectivity index (χ0n) is 8.11. The lowest BCUT2D eigenvalue weighted by Gasteiger charge is -2.24. The molecule has 1 fully saturated rings. The summed E-state index contributed by atoms with van der Waals surface area (Å²) in [6.45, 7) is -0.314. The normalized spacial score (nSPS) is 40.2. The van der Waals surface area contributed by atoms with Gasteiger partial charge in [-0.25, -0.2) is 4.39 Å². The summed E-state index contributed by atoms with van der Waals surface area (Å²) in [5, 5.41) is 8.81. The first-order valence-corrected chi connectivity index (χ1v) is 4.21. The van der Waals surface area contributed by atoms with Crippen LogP contribution in [0.5, 0.6) is 0 Å². The van der Waals surface area contributed by atoms with Gasteiger partial charge in [-0.3, -0.25) is 4.90 Å². The fourth-order valence-electron chi connectivity index (χ4n) is 1.56. The van der Waals surface area contributed by atoms with Crippen LogP contribution in [0.4, 0.5) is 4.39 Å². The van der Waals surface area contributed by atoms with Crippen LogP contribution in [0.3, 0.4) is 0 Å². The van der Waals surface area contributed by atoms with E-state index in [1.807, 2.05) is 0 Å². The first-order valence-electron chi connectivity index (χ1n) is 4.21. The number of hydrogen-bond donors (Lipinski definition) is 1. The maximum absolute atomic E-state index is 13.5. The number of ether oxygens (including phenoxy) is 2. The van der Waals surface area contributed by atoms with E-state index in [-0.39, 0.29) is 6.61 Å². The molecule has 1 N–H and O–H groups in total. The number of likely N-dealkylation sites (N-methyl/N-ethyl adjacent to an activating group) is 1. The second-order valence-corrected chi connectivity index (χ2v) is 3.36. The highest BCUT2D eigenvalue weighted by Gasteiger charge is 2.46. The molecule has 0 radical (unpaired) electrons. The van der Waals surface area contributed by atoms with Crippen LogP contribution in [-0.2, 0) is 9.47 Å². The molecule has 5 heteroatoms. The Kier molecular flexibility index (Phi) is 3.61. The molecule has 1 aliphatic rings. The molecule has 1 aliphatic heterocycles. The van der Waals surface area contributed by atoms with Crippen molar-refractivity contribution < 1.29 is 19.0 Å². The lowest BCUT2D eigenvalue weighted by Crippen LogP contribution is -2.43. The molecule has 0 unspecified atom stereocenters. The quantitative estimate of drug-likeness (QED) is 0.663. The van der Waals surface area contributed by atoms with E-state index in [1.54, 1.807) is 19.0 Å². The van der Waals surface area contributed by atoms with Crippen LogP contribution in [0.25, 0.3) is 0 Å². The number of nitrogens with zero attached hydrogens (tertiary/aromatic N) is 1. The number of halogens is 1. The van der Waals surface area contributed by atoms with E-state index in [2.05, 4.69) is 0 Å². The first-order chi connectivity index (χ1) is 6.11. The summed E-state index contributed by atoms with van der Waals surface area (Å²) in [4.78, 5) is 1.70.